The van der Waals surface area contributed by atoms with Crippen LogP contribution in [0.1, 0.15) is 19.4 Å². The lowest BCUT2D eigenvalue weighted by Gasteiger charge is -2.16. The van der Waals surface area contributed by atoms with Crippen LogP contribution in [-0.2, 0) is 6.54 Å². The van der Waals surface area contributed by atoms with Crippen molar-refractivity contribution < 1.29 is 14.4 Å². The fraction of sp³-hybridized carbons (Fsp3) is 0.238. The number of phenols is 1. The number of nitrogens with zero attached hydrogens (tertiary/aromatic N) is 1. The Balaban J connectivity index is 1.87. The van der Waals surface area contributed by atoms with Gasteiger partial charge in [-0.25, -0.2) is 9.78 Å². The van der Waals surface area contributed by atoms with Crippen LogP contribution in [0.3, 0.4) is 0 Å². The summed E-state index contributed by atoms with van der Waals surface area (Å²) in [7, 11) is 0. The van der Waals surface area contributed by atoms with Gasteiger partial charge >= 0.3 is 5.63 Å². The van der Waals surface area contributed by atoms with Crippen LogP contribution in [0.4, 0.5) is 0 Å². The molecule has 4 aromatic rings. The Labute approximate surface area is 156 Å². The van der Waals surface area contributed by atoms with Gasteiger partial charge in [0, 0.05) is 5.39 Å². The number of para-hydroxylation sites is 2. The Bertz CT molecular complexity index is 1140. The van der Waals surface area contributed by atoms with E-state index < -0.39 is 5.63 Å². The van der Waals surface area contributed by atoms with E-state index >= 15 is 0 Å². The van der Waals surface area contributed by atoms with Crippen LogP contribution in [0.5, 0.6) is 5.75 Å². The smallest absolute Gasteiger partial charge is 0.347 e. The lowest BCUT2D eigenvalue weighted by Crippen LogP contribution is -3.10. The topological polar surface area (TPSA) is 83.6 Å². The molecule has 0 atom stereocenters. The molecule has 2 aromatic heterocycles. The first-order valence-electron chi connectivity index (χ1n) is 9.18. The number of benzene rings is 2. The zero-order valence-electron chi connectivity index (χ0n) is 15.4. The lowest BCUT2D eigenvalue weighted by molar-refractivity contribution is -0.910. The summed E-state index contributed by atoms with van der Waals surface area (Å²) < 4.78 is 5.66. The molecular weight excluding hydrogens is 342 g/mol. The molecule has 0 fully saturated rings. The average Bonchev–Trinajstić information content (AvgIpc) is 3.11. The lowest BCUT2D eigenvalue weighted by atomic mass is 10.1. The van der Waals surface area contributed by atoms with Gasteiger partial charge in [0.1, 0.15) is 23.7 Å². The van der Waals surface area contributed by atoms with Crippen LogP contribution in [0.25, 0.3) is 33.4 Å². The molecule has 0 aliphatic carbocycles. The minimum Gasteiger partial charge on any atom is -0.507 e. The number of rotatable bonds is 5. The minimum absolute atomic E-state index is 0.154. The molecule has 0 aliphatic rings. The van der Waals surface area contributed by atoms with Crippen LogP contribution in [-0.4, -0.2) is 28.2 Å². The van der Waals surface area contributed by atoms with Crippen LogP contribution in [0.2, 0.25) is 0 Å². The van der Waals surface area contributed by atoms with Crippen molar-refractivity contribution in [3.63, 3.8) is 0 Å². The Hall–Kier alpha value is -3.12. The highest BCUT2D eigenvalue weighted by Gasteiger charge is 2.18. The third-order valence-corrected chi connectivity index (χ3v) is 5.05. The van der Waals surface area contributed by atoms with Crippen molar-refractivity contribution in [1.82, 2.24) is 9.97 Å². The molecule has 3 N–H and O–H groups in total. The minimum atomic E-state index is -0.469. The maximum atomic E-state index is 12.7. The molecule has 6 heteroatoms. The number of phenolic OH excluding ortho intramolecular Hbond substituents is 1. The number of imidazole rings is 1. The third kappa shape index (κ3) is 3.08. The van der Waals surface area contributed by atoms with E-state index in [1.165, 1.54) is 4.90 Å². The monoisotopic (exact) mass is 364 g/mol. The SMILES string of the molecule is CC[NH+](CC)Cc1c(O)ccc2cc(-c3nc4ccccc4[nH]3)c(=O)oc12. The molecule has 0 saturated heterocycles. The highest BCUT2D eigenvalue weighted by atomic mass is 16.4. The van der Waals surface area contributed by atoms with E-state index in [-0.39, 0.29) is 5.75 Å². The number of fused-ring (bicyclic) bond motifs is 2. The molecule has 2 heterocycles. The van der Waals surface area contributed by atoms with Crippen LogP contribution in [0.15, 0.2) is 51.7 Å². The van der Waals surface area contributed by atoms with E-state index in [4.69, 9.17) is 4.42 Å². The normalized spacial score (nSPS) is 11.7. The molecule has 0 amide bonds. The Morgan fingerprint density at radius 1 is 1.15 bits per heavy atom. The molecule has 0 unspecified atom stereocenters. The van der Waals surface area contributed by atoms with Gasteiger partial charge in [0.15, 0.2) is 5.58 Å². The molecule has 27 heavy (non-hydrogen) atoms. The van der Waals surface area contributed by atoms with E-state index in [1.807, 2.05) is 24.3 Å². The van der Waals surface area contributed by atoms with Gasteiger partial charge in [-0.15, -0.1) is 0 Å². The Morgan fingerprint density at radius 2 is 1.93 bits per heavy atom. The average molecular weight is 364 g/mol. The first kappa shape index (κ1) is 17.3. The number of H-pyrrole nitrogens is 1. The van der Waals surface area contributed by atoms with E-state index in [2.05, 4.69) is 23.8 Å². The van der Waals surface area contributed by atoms with Gasteiger partial charge in [0.2, 0.25) is 0 Å². The van der Waals surface area contributed by atoms with Crippen molar-refractivity contribution in [3.8, 4) is 17.1 Å². The van der Waals surface area contributed by atoms with Gasteiger partial charge in [0.25, 0.3) is 0 Å². The predicted octanol–water partition coefficient (Wildman–Crippen LogP) is 2.47. The van der Waals surface area contributed by atoms with E-state index in [9.17, 15) is 9.90 Å². The van der Waals surface area contributed by atoms with Crippen molar-refractivity contribution in [3.05, 3.63) is 58.4 Å². The van der Waals surface area contributed by atoms with Gasteiger partial charge in [-0.05, 0) is 44.2 Å². The second-order valence-corrected chi connectivity index (χ2v) is 6.67. The van der Waals surface area contributed by atoms with Gasteiger partial charge in [0.05, 0.1) is 29.7 Å². The molecular formula is C21H22N3O3+. The number of hydrogen-bond acceptors (Lipinski definition) is 4. The Morgan fingerprint density at radius 3 is 2.67 bits per heavy atom. The molecule has 0 aliphatic heterocycles. The summed E-state index contributed by atoms with van der Waals surface area (Å²) in [5, 5.41) is 11.1. The molecule has 138 valence electrons. The highest BCUT2D eigenvalue weighted by molar-refractivity contribution is 5.86. The summed E-state index contributed by atoms with van der Waals surface area (Å²) in [5.41, 5.74) is 2.68. The highest BCUT2D eigenvalue weighted by Crippen LogP contribution is 2.28. The molecule has 4 rings (SSSR count). The summed E-state index contributed by atoms with van der Waals surface area (Å²) in [6, 6.07) is 12.8. The molecule has 0 saturated carbocycles. The summed E-state index contributed by atoms with van der Waals surface area (Å²) in [6.07, 6.45) is 0. The first-order valence-corrected chi connectivity index (χ1v) is 9.18. The van der Waals surface area contributed by atoms with Crippen molar-refractivity contribution >= 4 is 22.0 Å². The predicted molar refractivity (Wildman–Crippen MR) is 105 cm³/mol. The van der Waals surface area contributed by atoms with E-state index in [0.717, 1.165) is 29.5 Å². The Kier molecular flexibility index (Phi) is 4.41. The van der Waals surface area contributed by atoms with Crippen molar-refractivity contribution in [2.45, 2.75) is 20.4 Å². The van der Waals surface area contributed by atoms with E-state index in [1.54, 1.807) is 18.2 Å². The number of quaternary nitrogens is 1. The van der Waals surface area contributed by atoms with Gasteiger partial charge in [-0.2, -0.15) is 0 Å². The second-order valence-electron chi connectivity index (χ2n) is 6.67. The largest absolute Gasteiger partial charge is 0.507 e. The summed E-state index contributed by atoms with van der Waals surface area (Å²) in [5.74, 6) is 0.636. The molecule has 2 aromatic carbocycles. The van der Waals surface area contributed by atoms with E-state index in [0.29, 0.717) is 29.1 Å². The molecule has 0 radical (unpaired) electrons. The molecule has 6 nitrogen and oxygen atoms in total. The first-order chi connectivity index (χ1) is 13.1. The quantitative estimate of drug-likeness (QED) is 0.475. The number of aromatic amines is 1. The number of hydrogen-bond donors (Lipinski definition) is 3. The summed E-state index contributed by atoms with van der Waals surface area (Å²) in [6.45, 7) is 6.64. The van der Waals surface area contributed by atoms with Crippen LogP contribution < -0.4 is 10.5 Å². The zero-order chi connectivity index (χ0) is 19.0. The molecule has 0 bridgehead atoms. The maximum Gasteiger partial charge on any atom is 0.347 e. The van der Waals surface area contributed by atoms with Crippen LogP contribution >= 0.6 is 0 Å². The van der Waals surface area contributed by atoms with Crippen LogP contribution in [0, 0.1) is 0 Å². The van der Waals surface area contributed by atoms with Crippen molar-refractivity contribution in [2.75, 3.05) is 13.1 Å². The van der Waals surface area contributed by atoms with Gasteiger partial charge in [-0.1, -0.05) is 12.1 Å². The van der Waals surface area contributed by atoms with Crippen molar-refractivity contribution in [2.24, 2.45) is 0 Å². The fourth-order valence-corrected chi connectivity index (χ4v) is 3.40. The summed E-state index contributed by atoms with van der Waals surface area (Å²) in [4.78, 5) is 21.6. The fourth-order valence-electron chi connectivity index (χ4n) is 3.40. The standard InChI is InChI=1S/C21H21N3O3/c1-3-24(4-2)12-15-18(25)10-9-13-11-14(21(26)27-19(13)15)20-22-16-7-5-6-8-17(16)23-20/h5-11,25H,3-4,12H2,1-2H3,(H,22,23)/p+1. The molecule has 0 spiro atoms. The maximum absolute atomic E-state index is 12.7. The van der Waals surface area contributed by atoms with Gasteiger partial charge in [-0.3, -0.25) is 0 Å². The van der Waals surface area contributed by atoms with Crippen molar-refractivity contribution in [1.29, 1.82) is 0 Å². The number of aromatic nitrogens is 2. The summed E-state index contributed by atoms with van der Waals surface area (Å²) >= 11 is 0. The number of aromatic hydroxyl groups is 1. The second kappa shape index (κ2) is 6.89. The third-order valence-electron chi connectivity index (χ3n) is 5.05. The number of nitrogens with one attached hydrogen (secondary N) is 2. The zero-order valence-corrected chi connectivity index (χ0v) is 15.4. The van der Waals surface area contributed by atoms with Gasteiger partial charge < -0.3 is 19.4 Å².